The molecule has 4 rings (SSSR count). The number of carboxylic acids is 2. The fraction of sp³-hybridized carbons (Fsp3) is 0.640. The van der Waals surface area contributed by atoms with Gasteiger partial charge in [0.25, 0.3) is 0 Å². The molecular formula is C25H32F7N3O5. The van der Waals surface area contributed by atoms with Gasteiger partial charge in [-0.3, -0.25) is 9.69 Å². The van der Waals surface area contributed by atoms with Gasteiger partial charge in [0.05, 0.1) is 0 Å². The lowest BCUT2D eigenvalue weighted by molar-refractivity contribution is -0.193. The van der Waals surface area contributed by atoms with Gasteiger partial charge in [0.15, 0.2) is 0 Å². The van der Waals surface area contributed by atoms with Crippen LogP contribution in [0.15, 0.2) is 24.3 Å². The van der Waals surface area contributed by atoms with E-state index in [1.165, 1.54) is 38.1 Å². The van der Waals surface area contributed by atoms with Gasteiger partial charge in [-0.25, -0.2) is 14.0 Å². The molecule has 3 saturated heterocycles. The van der Waals surface area contributed by atoms with Gasteiger partial charge in [-0.1, -0.05) is 12.1 Å². The van der Waals surface area contributed by atoms with Crippen molar-refractivity contribution in [2.45, 2.75) is 63.0 Å². The van der Waals surface area contributed by atoms with Gasteiger partial charge in [0.1, 0.15) is 5.82 Å². The Labute approximate surface area is 226 Å². The summed E-state index contributed by atoms with van der Waals surface area (Å²) in [6.07, 6.45) is -3.68. The smallest absolute Gasteiger partial charge is 0.475 e. The van der Waals surface area contributed by atoms with Crippen LogP contribution in [-0.2, 0) is 20.9 Å². The van der Waals surface area contributed by atoms with E-state index < -0.39 is 24.3 Å². The van der Waals surface area contributed by atoms with Crippen LogP contribution in [0, 0.1) is 5.82 Å². The molecule has 8 nitrogen and oxygen atoms in total. The third kappa shape index (κ3) is 10.2. The highest BCUT2D eigenvalue weighted by Crippen LogP contribution is 2.39. The summed E-state index contributed by atoms with van der Waals surface area (Å²) >= 11 is 0. The Bertz CT molecular complexity index is 964. The molecule has 0 aromatic heterocycles. The number of aliphatic carboxylic acids is 2. The number of nitrogens with zero attached hydrogens (tertiary/aromatic N) is 3. The van der Waals surface area contributed by atoms with E-state index in [0.29, 0.717) is 5.91 Å². The zero-order chi connectivity index (χ0) is 30.1. The number of rotatable bonds is 5. The minimum absolute atomic E-state index is 0.0934. The highest BCUT2D eigenvalue weighted by Gasteiger charge is 2.46. The second-order valence-electron chi connectivity index (χ2n) is 9.83. The SMILES string of the molecule is O=C(O)C(F)(F)F.O=C(O)C(F)(F)F.O=C1CCC2(CCN(Cc3ccc(F)cc3)CC2)N1CCN1CCCC1. The Kier molecular flexibility index (Phi) is 11.7. The van der Waals surface area contributed by atoms with Crippen molar-refractivity contribution in [2.24, 2.45) is 0 Å². The minimum atomic E-state index is -5.08. The number of halogens is 7. The van der Waals surface area contributed by atoms with Crippen LogP contribution in [0.25, 0.3) is 0 Å². The summed E-state index contributed by atoms with van der Waals surface area (Å²) in [6.45, 7) is 7.23. The standard InChI is InChI=1S/C21H30FN3O.2C2HF3O2/c22-19-5-3-18(4-6-19)17-24-13-9-21(10-14-24)8-7-20(26)25(21)16-15-23-11-1-2-12-23;2*3-2(4,5)1(6)7/h3-6H,1-2,7-17H2;2*(H,6,7). The van der Waals surface area contributed by atoms with Crippen LogP contribution < -0.4 is 0 Å². The van der Waals surface area contributed by atoms with Crippen LogP contribution in [-0.4, -0.2) is 99.9 Å². The highest BCUT2D eigenvalue weighted by molar-refractivity contribution is 5.79. The number of piperidine rings is 1. The van der Waals surface area contributed by atoms with Crippen LogP contribution in [0.5, 0.6) is 0 Å². The number of likely N-dealkylation sites (tertiary alicyclic amines) is 3. The average molecular weight is 588 g/mol. The third-order valence-electron chi connectivity index (χ3n) is 7.11. The summed E-state index contributed by atoms with van der Waals surface area (Å²) in [5, 5.41) is 14.2. The predicted octanol–water partition coefficient (Wildman–Crippen LogP) is 4.15. The predicted molar refractivity (Wildman–Crippen MR) is 128 cm³/mol. The van der Waals surface area contributed by atoms with Crippen molar-refractivity contribution in [1.82, 2.24) is 14.7 Å². The lowest BCUT2D eigenvalue weighted by atomic mass is 9.84. The van der Waals surface area contributed by atoms with Crippen molar-refractivity contribution < 1.29 is 55.3 Å². The minimum Gasteiger partial charge on any atom is -0.475 e. The number of hydrogen-bond donors (Lipinski definition) is 2. The molecular weight excluding hydrogens is 555 g/mol. The number of carbonyl (C=O) groups is 3. The molecule has 3 aliphatic rings. The van der Waals surface area contributed by atoms with E-state index in [1.807, 2.05) is 12.1 Å². The molecule has 3 heterocycles. The molecule has 0 aliphatic carbocycles. The van der Waals surface area contributed by atoms with E-state index in [-0.39, 0.29) is 11.4 Å². The monoisotopic (exact) mass is 587 g/mol. The first kappa shape index (κ1) is 33.3. The molecule has 1 aromatic rings. The molecule has 3 aliphatic heterocycles. The van der Waals surface area contributed by atoms with Gasteiger partial charge in [-0.2, -0.15) is 26.3 Å². The lowest BCUT2D eigenvalue weighted by Crippen LogP contribution is -2.54. The van der Waals surface area contributed by atoms with Crippen LogP contribution in [0.2, 0.25) is 0 Å². The van der Waals surface area contributed by atoms with Crippen molar-refractivity contribution in [3.63, 3.8) is 0 Å². The summed E-state index contributed by atoms with van der Waals surface area (Å²) in [7, 11) is 0. The Morgan fingerprint density at radius 3 is 1.70 bits per heavy atom. The Balaban J connectivity index is 0.000000333. The number of amides is 1. The summed E-state index contributed by atoms with van der Waals surface area (Å²) < 4.78 is 76.5. The van der Waals surface area contributed by atoms with Crippen molar-refractivity contribution >= 4 is 17.8 Å². The van der Waals surface area contributed by atoms with Crippen LogP contribution in [0.1, 0.15) is 44.1 Å². The molecule has 0 unspecified atom stereocenters. The molecule has 0 radical (unpaired) electrons. The summed E-state index contributed by atoms with van der Waals surface area (Å²) in [5.41, 5.74) is 1.26. The van der Waals surface area contributed by atoms with Gasteiger partial charge in [0, 0.05) is 44.7 Å². The average Bonchev–Trinajstić information content (AvgIpc) is 3.49. The number of hydrogen-bond acceptors (Lipinski definition) is 5. The first-order chi connectivity index (χ1) is 18.5. The number of carbonyl (C=O) groups excluding carboxylic acids is 1. The van der Waals surface area contributed by atoms with Crippen molar-refractivity contribution in [2.75, 3.05) is 39.3 Å². The van der Waals surface area contributed by atoms with E-state index in [9.17, 15) is 35.5 Å². The molecule has 1 amide bonds. The first-order valence-corrected chi connectivity index (χ1v) is 12.6. The largest absolute Gasteiger partial charge is 0.490 e. The topological polar surface area (TPSA) is 101 Å². The van der Waals surface area contributed by atoms with Gasteiger partial charge in [0.2, 0.25) is 5.91 Å². The number of benzene rings is 1. The van der Waals surface area contributed by atoms with E-state index in [4.69, 9.17) is 19.8 Å². The molecule has 0 saturated carbocycles. The molecule has 226 valence electrons. The van der Waals surface area contributed by atoms with E-state index >= 15 is 0 Å². The zero-order valence-electron chi connectivity index (χ0n) is 21.6. The molecule has 15 heteroatoms. The fourth-order valence-corrected chi connectivity index (χ4v) is 4.98. The molecule has 0 bridgehead atoms. The van der Waals surface area contributed by atoms with Crippen molar-refractivity contribution in [1.29, 1.82) is 0 Å². The maximum atomic E-state index is 13.1. The summed E-state index contributed by atoms with van der Waals surface area (Å²) in [4.78, 5) is 37.5. The molecule has 2 N–H and O–H groups in total. The second-order valence-corrected chi connectivity index (χ2v) is 9.83. The van der Waals surface area contributed by atoms with Gasteiger partial charge in [-0.05, 0) is 62.9 Å². The lowest BCUT2D eigenvalue weighted by Gasteiger charge is -2.45. The second kappa shape index (κ2) is 14.1. The molecule has 40 heavy (non-hydrogen) atoms. The quantitative estimate of drug-likeness (QED) is 0.500. The molecule has 3 fully saturated rings. The number of carboxylic acid groups (broad SMARTS) is 2. The van der Waals surface area contributed by atoms with Gasteiger partial charge in [-0.15, -0.1) is 0 Å². The van der Waals surface area contributed by atoms with Crippen molar-refractivity contribution in [3.8, 4) is 0 Å². The normalized spacial score (nSPS) is 19.6. The Morgan fingerprint density at radius 2 is 1.25 bits per heavy atom. The molecule has 1 spiro atoms. The Hall–Kier alpha value is -2.94. The van der Waals surface area contributed by atoms with E-state index in [2.05, 4.69) is 14.7 Å². The fourth-order valence-electron chi connectivity index (χ4n) is 4.98. The maximum absolute atomic E-state index is 13.1. The van der Waals surface area contributed by atoms with Crippen LogP contribution in [0.3, 0.4) is 0 Å². The number of alkyl halides is 6. The Morgan fingerprint density at radius 1 is 0.775 bits per heavy atom. The van der Waals surface area contributed by atoms with Crippen molar-refractivity contribution in [3.05, 3.63) is 35.6 Å². The zero-order valence-corrected chi connectivity index (χ0v) is 21.6. The maximum Gasteiger partial charge on any atom is 0.490 e. The highest BCUT2D eigenvalue weighted by atomic mass is 19.4. The summed E-state index contributed by atoms with van der Waals surface area (Å²) in [6, 6.07) is 6.83. The van der Waals surface area contributed by atoms with Gasteiger partial charge < -0.3 is 20.0 Å². The first-order valence-electron chi connectivity index (χ1n) is 12.6. The molecule has 0 atom stereocenters. The van der Waals surface area contributed by atoms with Crippen LogP contribution >= 0.6 is 0 Å². The summed E-state index contributed by atoms with van der Waals surface area (Å²) in [5.74, 6) is -5.33. The molecule has 1 aromatic carbocycles. The third-order valence-corrected chi connectivity index (χ3v) is 7.11. The van der Waals surface area contributed by atoms with E-state index in [0.717, 1.165) is 64.0 Å². The van der Waals surface area contributed by atoms with E-state index in [1.54, 1.807) is 0 Å². The van der Waals surface area contributed by atoms with Crippen LogP contribution in [0.4, 0.5) is 30.7 Å². The van der Waals surface area contributed by atoms with Gasteiger partial charge >= 0.3 is 24.3 Å².